The molecule has 80 valence electrons. The number of rotatable bonds is 3. The molecule has 0 amide bonds. The third-order valence-corrected chi connectivity index (χ3v) is 2.24. The van der Waals surface area contributed by atoms with Crippen LogP contribution < -0.4 is 4.74 Å². The largest absolute Gasteiger partial charge is 0.497 e. The van der Waals surface area contributed by atoms with Gasteiger partial charge in [0.1, 0.15) is 5.75 Å². The Kier molecular flexibility index (Phi) is 2.88. The molecule has 2 rings (SSSR count). The van der Waals surface area contributed by atoms with E-state index in [0.29, 0.717) is 6.42 Å². The van der Waals surface area contributed by atoms with Crippen LogP contribution in [-0.4, -0.2) is 16.9 Å². The zero-order chi connectivity index (χ0) is 11.4. The van der Waals surface area contributed by atoms with Gasteiger partial charge in [0.2, 0.25) is 0 Å². The fraction of sp³-hybridized carbons (Fsp3) is 0.167. The zero-order valence-corrected chi connectivity index (χ0v) is 8.92. The van der Waals surface area contributed by atoms with Gasteiger partial charge in [-0.1, -0.05) is 0 Å². The van der Waals surface area contributed by atoms with Gasteiger partial charge in [0, 0.05) is 6.20 Å². The third kappa shape index (κ3) is 2.04. The van der Waals surface area contributed by atoms with E-state index in [9.17, 15) is 0 Å². The molecule has 0 saturated heterocycles. The lowest BCUT2D eigenvalue weighted by Crippen LogP contribution is -1.95. The average molecular weight is 213 g/mol. The Hall–Kier alpha value is -2.28. The van der Waals surface area contributed by atoms with Crippen LogP contribution in [0.3, 0.4) is 0 Å². The van der Waals surface area contributed by atoms with Crippen LogP contribution in [0.15, 0.2) is 36.5 Å². The Morgan fingerprint density at radius 3 is 2.69 bits per heavy atom. The summed E-state index contributed by atoms with van der Waals surface area (Å²) in [5.41, 5.74) is 1.73. The number of nitriles is 1. The Morgan fingerprint density at radius 1 is 1.31 bits per heavy atom. The van der Waals surface area contributed by atoms with Crippen LogP contribution in [0.1, 0.15) is 5.69 Å². The summed E-state index contributed by atoms with van der Waals surface area (Å²) in [6.07, 6.45) is 2.18. The lowest BCUT2D eigenvalue weighted by atomic mass is 10.3. The SMILES string of the molecule is COc1ccc(-n2ccc(CC#N)n2)cc1. The van der Waals surface area contributed by atoms with Gasteiger partial charge in [-0.2, -0.15) is 10.4 Å². The predicted molar refractivity (Wildman–Crippen MR) is 59.4 cm³/mol. The first-order chi connectivity index (χ1) is 7.83. The van der Waals surface area contributed by atoms with E-state index in [0.717, 1.165) is 17.1 Å². The maximum absolute atomic E-state index is 8.55. The highest BCUT2D eigenvalue weighted by atomic mass is 16.5. The van der Waals surface area contributed by atoms with Crippen LogP contribution >= 0.6 is 0 Å². The van der Waals surface area contributed by atoms with Gasteiger partial charge < -0.3 is 4.74 Å². The second kappa shape index (κ2) is 4.49. The van der Waals surface area contributed by atoms with Gasteiger partial charge in [0.05, 0.1) is 31.0 Å². The van der Waals surface area contributed by atoms with E-state index < -0.39 is 0 Å². The summed E-state index contributed by atoms with van der Waals surface area (Å²) in [6.45, 7) is 0. The highest BCUT2D eigenvalue weighted by molar-refractivity contribution is 5.36. The van der Waals surface area contributed by atoms with Crippen molar-refractivity contribution < 1.29 is 4.74 Å². The molecule has 0 aliphatic rings. The summed E-state index contributed by atoms with van der Waals surface area (Å²) in [5.74, 6) is 0.813. The number of ether oxygens (including phenoxy) is 1. The first-order valence-electron chi connectivity index (χ1n) is 4.89. The molecule has 0 unspecified atom stereocenters. The Balaban J connectivity index is 2.25. The van der Waals surface area contributed by atoms with Crippen molar-refractivity contribution in [2.45, 2.75) is 6.42 Å². The monoisotopic (exact) mass is 213 g/mol. The quantitative estimate of drug-likeness (QED) is 0.783. The van der Waals surface area contributed by atoms with E-state index in [2.05, 4.69) is 11.2 Å². The number of aromatic nitrogens is 2. The molecule has 0 N–H and O–H groups in total. The van der Waals surface area contributed by atoms with E-state index in [1.807, 2.05) is 36.5 Å². The summed E-state index contributed by atoms with van der Waals surface area (Å²) < 4.78 is 6.82. The molecule has 0 aliphatic carbocycles. The molecule has 0 bridgehead atoms. The summed E-state index contributed by atoms with van der Waals surface area (Å²) >= 11 is 0. The van der Waals surface area contributed by atoms with Gasteiger partial charge >= 0.3 is 0 Å². The van der Waals surface area contributed by atoms with Crippen LogP contribution in [0.25, 0.3) is 5.69 Å². The van der Waals surface area contributed by atoms with Crippen molar-refractivity contribution in [3.05, 3.63) is 42.2 Å². The molecule has 4 heteroatoms. The number of hydrogen-bond donors (Lipinski definition) is 0. The van der Waals surface area contributed by atoms with Crippen LogP contribution in [-0.2, 0) is 6.42 Å². The molecule has 0 saturated carbocycles. The Bertz CT molecular complexity index is 508. The number of nitrogens with zero attached hydrogens (tertiary/aromatic N) is 3. The molecule has 4 nitrogen and oxygen atoms in total. The maximum atomic E-state index is 8.55. The molecule has 1 aromatic heterocycles. The molecule has 0 fully saturated rings. The molecule has 0 radical (unpaired) electrons. The van der Waals surface area contributed by atoms with Crippen molar-refractivity contribution >= 4 is 0 Å². The van der Waals surface area contributed by atoms with Crippen LogP contribution in [0.4, 0.5) is 0 Å². The molecule has 0 aliphatic heterocycles. The lowest BCUT2D eigenvalue weighted by molar-refractivity contribution is 0.414. The standard InChI is InChI=1S/C12H11N3O/c1-16-12-4-2-11(3-5-12)15-9-7-10(14-15)6-8-13/h2-5,7,9H,6H2,1H3. The maximum Gasteiger partial charge on any atom is 0.119 e. The minimum Gasteiger partial charge on any atom is -0.497 e. The molecule has 16 heavy (non-hydrogen) atoms. The summed E-state index contributed by atoms with van der Waals surface area (Å²) in [7, 11) is 1.63. The second-order valence-corrected chi connectivity index (χ2v) is 3.28. The minimum absolute atomic E-state index is 0.336. The van der Waals surface area contributed by atoms with Crippen molar-refractivity contribution in [3.8, 4) is 17.5 Å². The van der Waals surface area contributed by atoms with Crippen molar-refractivity contribution in [1.29, 1.82) is 5.26 Å². The van der Waals surface area contributed by atoms with Gasteiger partial charge in [-0.15, -0.1) is 0 Å². The Morgan fingerprint density at radius 2 is 2.06 bits per heavy atom. The lowest BCUT2D eigenvalue weighted by Gasteiger charge is -2.02. The van der Waals surface area contributed by atoms with Crippen molar-refractivity contribution in [1.82, 2.24) is 9.78 Å². The smallest absolute Gasteiger partial charge is 0.119 e. The number of hydrogen-bond acceptors (Lipinski definition) is 3. The predicted octanol–water partition coefficient (Wildman–Crippen LogP) is 1.95. The first-order valence-corrected chi connectivity index (χ1v) is 4.89. The fourth-order valence-electron chi connectivity index (χ4n) is 1.42. The van der Waals surface area contributed by atoms with Gasteiger partial charge in [0.15, 0.2) is 0 Å². The first kappa shape index (κ1) is 10.2. The number of benzene rings is 1. The summed E-state index contributed by atoms with van der Waals surface area (Å²) in [6, 6.07) is 11.5. The van der Waals surface area contributed by atoms with Crippen LogP contribution in [0.5, 0.6) is 5.75 Å². The van der Waals surface area contributed by atoms with Gasteiger partial charge in [-0.05, 0) is 30.3 Å². The molecule has 0 spiro atoms. The number of methoxy groups -OCH3 is 1. The normalized spacial score (nSPS) is 9.75. The molecular weight excluding hydrogens is 202 g/mol. The van der Waals surface area contributed by atoms with Gasteiger partial charge in [0.25, 0.3) is 0 Å². The van der Waals surface area contributed by atoms with Crippen LogP contribution in [0, 0.1) is 11.3 Å². The molecule has 1 heterocycles. The van der Waals surface area contributed by atoms with Gasteiger partial charge in [-0.3, -0.25) is 0 Å². The topological polar surface area (TPSA) is 50.8 Å². The summed E-state index contributed by atoms with van der Waals surface area (Å²) in [5, 5.41) is 12.8. The van der Waals surface area contributed by atoms with Crippen molar-refractivity contribution in [2.24, 2.45) is 0 Å². The third-order valence-electron chi connectivity index (χ3n) is 2.24. The molecule has 0 atom stereocenters. The fourth-order valence-corrected chi connectivity index (χ4v) is 1.42. The molecule has 2 aromatic rings. The van der Waals surface area contributed by atoms with E-state index in [1.54, 1.807) is 11.8 Å². The van der Waals surface area contributed by atoms with E-state index in [-0.39, 0.29) is 0 Å². The van der Waals surface area contributed by atoms with Crippen LogP contribution in [0.2, 0.25) is 0 Å². The highest BCUT2D eigenvalue weighted by Crippen LogP contribution is 2.14. The van der Waals surface area contributed by atoms with Gasteiger partial charge in [-0.25, -0.2) is 4.68 Å². The zero-order valence-electron chi connectivity index (χ0n) is 8.92. The van der Waals surface area contributed by atoms with Crippen molar-refractivity contribution in [2.75, 3.05) is 7.11 Å². The minimum atomic E-state index is 0.336. The molecule has 1 aromatic carbocycles. The van der Waals surface area contributed by atoms with Crippen molar-refractivity contribution in [3.63, 3.8) is 0 Å². The average Bonchev–Trinajstić information content (AvgIpc) is 2.78. The molecular formula is C12H11N3O. The summed E-state index contributed by atoms with van der Waals surface area (Å²) in [4.78, 5) is 0. The highest BCUT2D eigenvalue weighted by Gasteiger charge is 2.00. The Labute approximate surface area is 93.7 Å². The second-order valence-electron chi connectivity index (χ2n) is 3.28. The van der Waals surface area contributed by atoms with E-state index in [4.69, 9.17) is 10.00 Å². The van der Waals surface area contributed by atoms with E-state index >= 15 is 0 Å². The van der Waals surface area contributed by atoms with E-state index in [1.165, 1.54) is 0 Å².